The fraction of sp³-hybridized carbons (Fsp3) is 0.667. The average Bonchev–Trinajstić information content (AvgIpc) is 1.58. The van der Waals surface area contributed by atoms with E-state index >= 15 is 0 Å². The van der Waals surface area contributed by atoms with E-state index in [1.54, 1.807) is 0 Å². The van der Waals surface area contributed by atoms with Gasteiger partial charge in [-0.25, -0.2) is 6.42 Å². The van der Waals surface area contributed by atoms with E-state index in [0.29, 0.717) is 0 Å². The molecule has 2 heteroatoms. The molecule has 8 heavy (non-hydrogen) atoms. The molecule has 0 bridgehead atoms. The second kappa shape index (κ2) is 3.97. The predicted octanol–water partition coefficient (Wildman–Crippen LogP) is 0.931. The summed E-state index contributed by atoms with van der Waals surface area (Å²) < 4.78 is 0. The summed E-state index contributed by atoms with van der Waals surface area (Å²) in [5, 5.41) is 0. The fourth-order valence-electron chi connectivity index (χ4n) is 0.866. The van der Waals surface area contributed by atoms with E-state index in [0.717, 1.165) is 12.3 Å². The maximum Gasteiger partial charge on any atom is 0 e. The molecule has 0 aliphatic carbocycles. The van der Waals surface area contributed by atoms with Crippen molar-refractivity contribution in [2.45, 2.75) is 6.42 Å². The fourth-order valence-corrected chi connectivity index (χ4v) is 0.866. The topological polar surface area (TPSA) is 3.24 Å². The van der Waals surface area contributed by atoms with Crippen LogP contribution in [-0.2, 0) is 32.7 Å². The van der Waals surface area contributed by atoms with Crippen molar-refractivity contribution in [3.8, 4) is 0 Å². The molecule has 1 rings (SSSR count). The summed E-state index contributed by atoms with van der Waals surface area (Å²) in [5.74, 6) is 0.782. The monoisotopic (exact) mass is 186 g/mol. The first-order valence-electron chi connectivity index (χ1n) is 2.67. The predicted molar refractivity (Wildman–Crippen MR) is 30.4 cm³/mol. The smallest absolute Gasteiger partial charge is 0 e. The van der Waals surface area contributed by atoms with Crippen molar-refractivity contribution >= 4 is 0 Å². The summed E-state index contributed by atoms with van der Waals surface area (Å²) in [6.07, 6.45) is 1.06. The Bertz CT molecular complexity index is 59.5. The van der Waals surface area contributed by atoms with Gasteiger partial charge in [0.25, 0.3) is 0 Å². The van der Waals surface area contributed by atoms with Crippen LogP contribution in [0.2, 0.25) is 0 Å². The van der Waals surface area contributed by atoms with E-state index in [4.69, 9.17) is 0 Å². The van der Waals surface area contributed by atoms with E-state index in [9.17, 15) is 0 Å². The van der Waals surface area contributed by atoms with Crippen molar-refractivity contribution in [2.24, 2.45) is 5.92 Å². The minimum Gasteiger partial charge on any atom is -0.461 e. The van der Waals surface area contributed by atoms with Gasteiger partial charge >= 0.3 is 0 Å². The molecule has 1 fully saturated rings. The minimum atomic E-state index is 0. The standard InChI is InChI=1S/C6H11N.Y/c1-3-6-4-7(2)5-6;/h4,6H,1,3,5H2,2H3;/q-2;. The average molecular weight is 186 g/mol. The van der Waals surface area contributed by atoms with E-state index in [2.05, 4.69) is 25.4 Å². The largest absolute Gasteiger partial charge is 0.461 e. The van der Waals surface area contributed by atoms with Crippen LogP contribution in [0.4, 0.5) is 0 Å². The second-order valence-electron chi connectivity index (χ2n) is 2.14. The van der Waals surface area contributed by atoms with Gasteiger partial charge in [0.1, 0.15) is 0 Å². The molecule has 1 atom stereocenters. The normalized spacial score (nSPS) is 28.5. The Labute approximate surface area is 76.7 Å². The maximum atomic E-state index is 3.78. The molecule has 1 nitrogen and oxygen atoms in total. The Kier molecular flexibility index (Phi) is 4.50. The maximum absolute atomic E-state index is 3.78. The quantitative estimate of drug-likeness (QED) is 0.550. The zero-order valence-electron chi connectivity index (χ0n) is 5.30. The molecule has 0 aromatic heterocycles. The molecule has 45 valence electrons. The molecule has 1 aliphatic heterocycles. The van der Waals surface area contributed by atoms with Crippen LogP contribution in [0.3, 0.4) is 0 Å². The first-order valence-corrected chi connectivity index (χ1v) is 2.67. The molecular weight excluding hydrogens is 175 g/mol. The van der Waals surface area contributed by atoms with E-state index in [1.807, 2.05) is 0 Å². The van der Waals surface area contributed by atoms with Crippen LogP contribution >= 0.6 is 0 Å². The minimum absolute atomic E-state index is 0. The molecule has 1 aliphatic rings. The van der Waals surface area contributed by atoms with Gasteiger partial charge in [0.15, 0.2) is 0 Å². The zero-order valence-corrected chi connectivity index (χ0v) is 8.14. The van der Waals surface area contributed by atoms with Crippen molar-refractivity contribution in [1.82, 2.24) is 4.90 Å². The first-order chi connectivity index (χ1) is 3.33. The summed E-state index contributed by atoms with van der Waals surface area (Å²) in [4.78, 5) is 2.19. The van der Waals surface area contributed by atoms with Crippen LogP contribution in [-0.4, -0.2) is 18.5 Å². The molecule has 1 heterocycles. The van der Waals surface area contributed by atoms with Crippen LogP contribution in [0.15, 0.2) is 0 Å². The van der Waals surface area contributed by atoms with Crippen LogP contribution in [0.1, 0.15) is 6.42 Å². The summed E-state index contributed by atoms with van der Waals surface area (Å²) in [6.45, 7) is 7.21. The van der Waals surface area contributed by atoms with Crippen molar-refractivity contribution in [2.75, 3.05) is 13.6 Å². The SMILES string of the molecule is [CH2-]CC1[CH-]N(C)C1.[Y]. The third-order valence-electron chi connectivity index (χ3n) is 1.36. The van der Waals surface area contributed by atoms with Crippen LogP contribution in [0.5, 0.6) is 0 Å². The summed E-state index contributed by atoms with van der Waals surface area (Å²) in [6, 6.07) is 0. The van der Waals surface area contributed by atoms with Gasteiger partial charge in [-0.05, 0) is 7.05 Å². The van der Waals surface area contributed by atoms with Crippen molar-refractivity contribution < 1.29 is 32.7 Å². The molecule has 0 spiro atoms. The molecule has 0 saturated carbocycles. The molecule has 0 aromatic rings. The Balaban J connectivity index is 0.000000490. The Morgan fingerprint density at radius 3 is 2.50 bits per heavy atom. The summed E-state index contributed by atoms with van der Waals surface area (Å²) in [5.41, 5.74) is 0. The van der Waals surface area contributed by atoms with Gasteiger partial charge in [-0.2, -0.15) is 5.92 Å². The zero-order chi connectivity index (χ0) is 5.28. The molecule has 0 N–H and O–H groups in total. The summed E-state index contributed by atoms with van der Waals surface area (Å²) >= 11 is 0. The van der Waals surface area contributed by atoms with Crippen molar-refractivity contribution in [1.29, 1.82) is 0 Å². The van der Waals surface area contributed by atoms with Crippen molar-refractivity contribution in [3.05, 3.63) is 13.5 Å². The Morgan fingerprint density at radius 1 is 1.88 bits per heavy atom. The van der Waals surface area contributed by atoms with Gasteiger partial charge in [-0.15, -0.1) is 0 Å². The number of hydrogen-bond acceptors (Lipinski definition) is 1. The Morgan fingerprint density at radius 2 is 2.38 bits per heavy atom. The molecule has 1 unspecified atom stereocenters. The van der Waals surface area contributed by atoms with Crippen molar-refractivity contribution in [3.63, 3.8) is 0 Å². The molecule has 0 aromatic carbocycles. The van der Waals surface area contributed by atoms with E-state index < -0.39 is 0 Å². The van der Waals surface area contributed by atoms with Gasteiger partial charge in [0.2, 0.25) is 0 Å². The first kappa shape index (κ1) is 9.06. The van der Waals surface area contributed by atoms with Gasteiger partial charge in [0, 0.05) is 32.7 Å². The Hall–Kier alpha value is 1.06. The molecule has 0 amide bonds. The van der Waals surface area contributed by atoms with E-state index in [1.165, 1.54) is 6.54 Å². The van der Waals surface area contributed by atoms with Crippen LogP contribution in [0, 0.1) is 19.4 Å². The molecule has 1 radical (unpaired) electrons. The number of nitrogens with zero attached hydrogens (tertiary/aromatic N) is 1. The van der Waals surface area contributed by atoms with Gasteiger partial charge < -0.3 is 11.8 Å². The third kappa shape index (κ3) is 2.12. The second-order valence-corrected chi connectivity index (χ2v) is 2.14. The molecule has 1 saturated heterocycles. The van der Waals surface area contributed by atoms with Gasteiger partial charge in [0.05, 0.1) is 0 Å². The van der Waals surface area contributed by atoms with Gasteiger partial charge in [-0.1, -0.05) is 6.54 Å². The molecular formula is C6H11NY-2. The number of hydrogen-bond donors (Lipinski definition) is 0. The number of rotatable bonds is 1. The summed E-state index contributed by atoms with van der Waals surface area (Å²) in [7, 11) is 2.09. The van der Waals surface area contributed by atoms with Gasteiger partial charge in [-0.3, -0.25) is 6.54 Å². The number of likely N-dealkylation sites (tertiary alicyclic amines) is 1. The van der Waals surface area contributed by atoms with Crippen LogP contribution < -0.4 is 0 Å². The third-order valence-corrected chi connectivity index (χ3v) is 1.36. The van der Waals surface area contributed by atoms with E-state index in [-0.39, 0.29) is 32.7 Å². The van der Waals surface area contributed by atoms with Crippen LogP contribution in [0.25, 0.3) is 0 Å².